The Morgan fingerprint density at radius 3 is 2.72 bits per heavy atom. The van der Waals surface area contributed by atoms with Crippen molar-refractivity contribution in [3.8, 4) is 0 Å². The first kappa shape index (κ1) is 17.5. The summed E-state index contributed by atoms with van der Waals surface area (Å²) in [7, 11) is 0. The van der Waals surface area contributed by atoms with Crippen molar-refractivity contribution in [3.05, 3.63) is 21.9 Å². The van der Waals surface area contributed by atoms with E-state index >= 15 is 0 Å². The molecule has 25 heavy (non-hydrogen) atoms. The molecule has 4 rings (SSSR count). The second kappa shape index (κ2) is 7.74. The Morgan fingerprint density at radius 2 is 2.00 bits per heavy atom. The van der Waals surface area contributed by atoms with E-state index in [1.807, 2.05) is 6.07 Å². The van der Waals surface area contributed by atoms with E-state index in [2.05, 4.69) is 16.3 Å². The van der Waals surface area contributed by atoms with Gasteiger partial charge < -0.3 is 14.8 Å². The van der Waals surface area contributed by atoms with Gasteiger partial charge in [0.25, 0.3) is 5.91 Å². The van der Waals surface area contributed by atoms with Crippen LogP contribution >= 0.6 is 11.3 Å². The summed E-state index contributed by atoms with van der Waals surface area (Å²) in [5.74, 6) is 0.0874. The second-order valence-electron chi connectivity index (χ2n) is 7.53. The van der Waals surface area contributed by atoms with E-state index < -0.39 is 0 Å². The van der Waals surface area contributed by atoms with Crippen molar-refractivity contribution in [2.75, 3.05) is 39.5 Å². The number of carbonyl (C=O) groups excluding carboxylic acids is 1. The predicted octanol–water partition coefficient (Wildman–Crippen LogP) is 2.97. The molecule has 3 aliphatic rings. The van der Waals surface area contributed by atoms with Crippen molar-refractivity contribution in [1.82, 2.24) is 10.2 Å². The molecule has 1 aliphatic carbocycles. The number of hydrogen-bond acceptors (Lipinski definition) is 5. The average Bonchev–Trinajstić information content (AvgIpc) is 3.37. The molecule has 6 heteroatoms. The van der Waals surface area contributed by atoms with E-state index in [0.717, 1.165) is 70.0 Å². The smallest absolute Gasteiger partial charge is 0.261 e. The Labute approximate surface area is 153 Å². The van der Waals surface area contributed by atoms with Gasteiger partial charge in [0.2, 0.25) is 0 Å². The molecule has 1 atom stereocenters. The summed E-state index contributed by atoms with van der Waals surface area (Å²) in [6, 6.07) is 4.03. The standard InChI is InChI=1S/C19H28N2O3S/c22-18(17-6-5-16(25-17)15-4-3-11-24-15)20-19(7-1-2-8-19)14-21-9-12-23-13-10-21/h5-6,15H,1-4,7-14H2,(H,20,22)/t15-/m0/s1. The maximum atomic E-state index is 12.9. The van der Waals surface area contributed by atoms with E-state index in [1.54, 1.807) is 11.3 Å². The minimum absolute atomic E-state index is 0.0670. The lowest BCUT2D eigenvalue weighted by Gasteiger charge is -2.37. The van der Waals surface area contributed by atoms with E-state index in [9.17, 15) is 4.79 Å². The number of nitrogens with zero attached hydrogens (tertiary/aromatic N) is 1. The lowest BCUT2D eigenvalue weighted by molar-refractivity contribution is 0.0238. The van der Waals surface area contributed by atoms with Crippen LogP contribution < -0.4 is 5.32 Å². The molecule has 1 N–H and O–H groups in total. The first-order chi connectivity index (χ1) is 12.2. The molecule has 5 nitrogen and oxygen atoms in total. The van der Waals surface area contributed by atoms with Gasteiger partial charge in [-0.15, -0.1) is 11.3 Å². The maximum absolute atomic E-state index is 12.9. The molecule has 0 unspecified atom stereocenters. The van der Waals surface area contributed by atoms with Crippen molar-refractivity contribution in [3.63, 3.8) is 0 Å². The molecule has 1 aromatic rings. The van der Waals surface area contributed by atoms with Crippen LogP contribution in [0.3, 0.4) is 0 Å². The fourth-order valence-electron chi connectivity index (χ4n) is 4.31. The Kier molecular flexibility index (Phi) is 5.41. The van der Waals surface area contributed by atoms with E-state index in [1.165, 1.54) is 17.7 Å². The predicted molar refractivity (Wildman–Crippen MR) is 98.2 cm³/mol. The Bertz CT molecular complexity index is 585. The highest BCUT2D eigenvalue weighted by molar-refractivity contribution is 7.14. The van der Waals surface area contributed by atoms with Gasteiger partial charge in [0.1, 0.15) is 0 Å². The Hall–Kier alpha value is -0.950. The molecule has 0 aromatic carbocycles. The second-order valence-corrected chi connectivity index (χ2v) is 8.65. The summed E-state index contributed by atoms with van der Waals surface area (Å²) in [5, 5.41) is 3.41. The largest absolute Gasteiger partial charge is 0.379 e. The van der Waals surface area contributed by atoms with Crippen molar-refractivity contribution >= 4 is 17.2 Å². The summed E-state index contributed by atoms with van der Waals surface area (Å²) in [5.41, 5.74) is -0.0670. The van der Waals surface area contributed by atoms with Gasteiger partial charge in [-0.1, -0.05) is 12.8 Å². The number of rotatable bonds is 5. The molecule has 138 valence electrons. The third-order valence-electron chi connectivity index (χ3n) is 5.67. The van der Waals surface area contributed by atoms with Crippen LogP contribution in [0, 0.1) is 0 Å². The first-order valence-corrected chi connectivity index (χ1v) is 10.4. The molecule has 0 bridgehead atoms. The van der Waals surface area contributed by atoms with Crippen molar-refractivity contribution in [2.45, 2.75) is 50.2 Å². The van der Waals surface area contributed by atoms with Gasteiger partial charge >= 0.3 is 0 Å². The van der Waals surface area contributed by atoms with Gasteiger partial charge in [-0.05, 0) is 37.8 Å². The number of amides is 1. The van der Waals surface area contributed by atoms with Crippen LogP contribution in [0.2, 0.25) is 0 Å². The molecule has 1 saturated carbocycles. The van der Waals surface area contributed by atoms with Crippen molar-refractivity contribution < 1.29 is 14.3 Å². The lowest BCUT2D eigenvalue weighted by atomic mass is 9.96. The highest BCUT2D eigenvalue weighted by atomic mass is 32.1. The van der Waals surface area contributed by atoms with Crippen LogP contribution in [-0.4, -0.2) is 55.8 Å². The van der Waals surface area contributed by atoms with Gasteiger partial charge in [-0.3, -0.25) is 9.69 Å². The van der Waals surface area contributed by atoms with Crippen LogP contribution in [-0.2, 0) is 9.47 Å². The van der Waals surface area contributed by atoms with E-state index in [-0.39, 0.29) is 17.6 Å². The summed E-state index contributed by atoms with van der Waals surface area (Å²) in [6.45, 7) is 5.35. The SMILES string of the molecule is O=C(NC1(CN2CCOCC2)CCCC1)c1ccc([C@@H]2CCCO2)s1. The van der Waals surface area contributed by atoms with Crippen LogP contribution in [0.15, 0.2) is 12.1 Å². The topological polar surface area (TPSA) is 50.8 Å². The van der Waals surface area contributed by atoms with Crippen LogP contribution in [0.25, 0.3) is 0 Å². The van der Waals surface area contributed by atoms with Gasteiger partial charge in [0, 0.05) is 31.1 Å². The number of carbonyl (C=O) groups is 1. The fraction of sp³-hybridized carbons (Fsp3) is 0.737. The Balaban J connectivity index is 1.41. The third-order valence-corrected chi connectivity index (χ3v) is 6.84. The van der Waals surface area contributed by atoms with Gasteiger partial charge in [-0.25, -0.2) is 0 Å². The molecule has 1 aromatic heterocycles. The quantitative estimate of drug-likeness (QED) is 0.873. The van der Waals surface area contributed by atoms with Gasteiger partial charge in [0.05, 0.1) is 29.7 Å². The molecule has 3 fully saturated rings. The monoisotopic (exact) mass is 364 g/mol. The average molecular weight is 365 g/mol. The number of morpholine rings is 1. The summed E-state index contributed by atoms with van der Waals surface area (Å²) in [6.07, 6.45) is 6.96. The zero-order valence-electron chi connectivity index (χ0n) is 14.8. The zero-order valence-corrected chi connectivity index (χ0v) is 15.6. The van der Waals surface area contributed by atoms with Gasteiger partial charge in [0.15, 0.2) is 0 Å². The van der Waals surface area contributed by atoms with Crippen molar-refractivity contribution in [1.29, 1.82) is 0 Å². The highest BCUT2D eigenvalue weighted by Crippen LogP contribution is 2.35. The summed E-state index contributed by atoms with van der Waals surface area (Å²) >= 11 is 1.60. The molecule has 2 saturated heterocycles. The Morgan fingerprint density at radius 1 is 1.20 bits per heavy atom. The molecular weight excluding hydrogens is 336 g/mol. The highest BCUT2D eigenvalue weighted by Gasteiger charge is 2.37. The molecule has 0 spiro atoms. The minimum atomic E-state index is -0.0670. The number of thiophene rings is 1. The molecule has 3 heterocycles. The van der Waals surface area contributed by atoms with Crippen LogP contribution in [0.1, 0.15) is 59.2 Å². The zero-order chi connectivity index (χ0) is 17.1. The molecule has 1 amide bonds. The summed E-state index contributed by atoms with van der Waals surface area (Å²) in [4.78, 5) is 17.3. The van der Waals surface area contributed by atoms with Crippen LogP contribution in [0.5, 0.6) is 0 Å². The summed E-state index contributed by atoms with van der Waals surface area (Å²) < 4.78 is 11.2. The third kappa shape index (κ3) is 4.08. The molecule has 2 aliphatic heterocycles. The van der Waals surface area contributed by atoms with Crippen LogP contribution in [0.4, 0.5) is 0 Å². The minimum Gasteiger partial charge on any atom is -0.379 e. The lowest BCUT2D eigenvalue weighted by Crippen LogP contribution is -2.55. The first-order valence-electron chi connectivity index (χ1n) is 9.58. The fourth-order valence-corrected chi connectivity index (χ4v) is 5.30. The number of nitrogens with one attached hydrogen (secondary N) is 1. The van der Waals surface area contributed by atoms with E-state index in [4.69, 9.17) is 9.47 Å². The normalized spacial score (nSPS) is 26.8. The molecular formula is C19H28N2O3S. The van der Waals surface area contributed by atoms with E-state index in [0.29, 0.717) is 0 Å². The maximum Gasteiger partial charge on any atom is 0.261 e. The number of hydrogen-bond donors (Lipinski definition) is 1. The number of ether oxygens (including phenoxy) is 2. The van der Waals surface area contributed by atoms with Gasteiger partial charge in [-0.2, -0.15) is 0 Å². The molecule has 0 radical (unpaired) electrons. The van der Waals surface area contributed by atoms with Crippen molar-refractivity contribution in [2.24, 2.45) is 0 Å².